The van der Waals surface area contributed by atoms with Crippen LogP contribution in [0.2, 0.25) is 0 Å². The van der Waals surface area contributed by atoms with E-state index in [1.165, 1.54) is 14.0 Å². The highest BCUT2D eigenvalue weighted by Crippen LogP contribution is 2.28. The minimum atomic E-state index is -0.262. The van der Waals surface area contributed by atoms with E-state index >= 15 is 0 Å². The largest absolute Gasteiger partial charge is 0.495 e. The molecule has 2 amide bonds. The molecule has 3 rings (SSSR count). The number of aromatic nitrogens is 1. The van der Waals surface area contributed by atoms with Gasteiger partial charge < -0.3 is 19.9 Å². The third-order valence-electron chi connectivity index (χ3n) is 4.12. The fourth-order valence-corrected chi connectivity index (χ4v) is 2.81. The Morgan fingerprint density at radius 3 is 2.41 bits per heavy atom. The number of amides is 2. The minimum absolute atomic E-state index is 0.188. The molecule has 0 spiro atoms. The highest BCUT2D eigenvalue weighted by molar-refractivity contribution is 6.06. The van der Waals surface area contributed by atoms with Gasteiger partial charge in [-0.05, 0) is 55.0 Å². The van der Waals surface area contributed by atoms with Crippen LogP contribution in [0.5, 0.6) is 5.75 Å². The number of carbonyl (C=O) groups is 2. The first kappa shape index (κ1) is 18.3. The zero-order valence-corrected chi connectivity index (χ0v) is 15.4. The van der Waals surface area contributed by atoms with E-state index in [4.69, 9.17) is 4.74 Å². The molecular weight excluding hydrogens is 342 g/mol. The van der Waals surface area contributed by atoms with Crippen molar-refractivity contribution in [1.82, 2.24) is 4.57 Å². The number of carbonyl (C=O) groups excluding carboxylic acids is 2. The van der Waals surface area contributed by atoms with Crippen molar-refractivity contribution in [2.75, 3.05) is 17.7 Å². The molecule has 3 aromatic rings. The number of nitrogens with zero attached hydrogens (tertiary/aromatic N) is 1. The van der Waals surface area contributed by atoms with Crippen LogP contribution in [0, 0.1) is 6.92 Å². The lowest BCUT2D eigenvalue weighted by Gasteiger charge is -2.14. The van der Waals surface area contributed by atoms with Crippen LogP contribution in [0.25, 0.3) is 5.69 Å². The van der Waals surface area contributed by atoms with Crippen molar-refractivity contribution in [3.8, 4) is 11.4 Å². The molecule has 0 saturated heterocycles. The normalized spacial score (nSPS) is 10.3. The molecule has 2 N–H and O–H groups in total. The van der Waals surface area contributed by atoms with E-state index in [9.17, 15) is 9.59 Å². The number of ether oxygens (including phenoxy) is 1. The van der Waals surface area contributed by atoms with Crippen LogP contribution in [-0.2, 0) is 4.79 Å². The molecule has 0 aliphatic rings. The zero-order chi connectivity index (χ0) is 19.4. The summed E-state index contributed by atoms with van der Waals surface area (Å²) in [5.74, 6) is 0.0595. The summed E-state index contributed by atoms with van der Waals surface area (Å²) < 4.78 is 7.27. The number of nitrogens with one attached hydrogen (secondary N) is 2. The standard InChI is InChI=1S/C21H21N3O3/c1-14-6-7-16(12-19(14)24-10-4-5-11-24)21(26)23-18-13-17(22-15(2)25)8-9-20(18)27-3/h4-13H,1-3H3,(H,22,25)(H,23,26). The average Bonchev–Trinajstić information content (AvgIpc) is 3.16. The first-order valence-electron chi connectivity index (χ1n) is 8.49. The smallest absolute Gasteiger partial charge is 0.255 e. The molecule has 6 nitrogen and oxygen atoms in total. The molecule has 1 aromatic heterocycles. The van der Waals surface area contributed by atoms with Crippen LogP contribution in [-0.4, -0.2) is 23.5 Å². The summed E-state index contributed by atoms with van der Waals surface area (Å²) in [6, 6.07) is 14.5. The number of methoxy groups -OCH3 is 1. The first-order chi connectivity index (χ1) is 13.0. The summed E-state index contributed by atoms with van der Waals surface area (Å²) >= 11 is 0. The molecule has 138 valence electrons. The van der Waals surface area contributed by atoms with Gasteiger partial charge in [0.05, 0.1) is 12.8 Å². The number of aryl methyl sites for hydroxylation is 1. The third-order valence-corrected chi connectivity index (χ3v) is 4.12. The highest BCUT2D eigenvalue weighted by atomic mass is 16.5. The molecule has 0 unspecified atom stereocenters. The van der Waals surface area contributed by atoms with E-state index in [1.807, 2.05) is 48.1 Å². The second-order valence-corrected chi connectivity index (χ2v) is 6.14. The Labute approximate surface area is 157 Å². The Hall–Kier alpha value is -3.54. The molecule has 0 saturated carbocycles. The van der Waals surface area contributed by atoms with Crippen LogP contribution in [0.4, 0.5) is 11.4 Å². The monoisotopic (exact) mass is 363 g/mol. The summed E-state index contributed by atoms with van der Waals surface area (Å²) in [5, 5.41) is 5.55. The number of rotatable bonds is 5. The lowest BCUT2D eigenvalue weighted by molar-refractivity contribution is -0.114. The molecule has 1 heterocycles. The summed E-state index contributed by atoms with van der Waals surface area (Å²) in [5.41, 5.74) is 3.59. The molecular formula is C21H21N3O3. The van der Waals surface area contributed by atoms with Gasteiger partial charge in [0.2, 0.25) is 5.91 Å². The van der Waals surface area contributed by atoms with Crippen LogP contribution in [0.3, 0.4) is 0 Å². The Kier molecular flexibility index (Phi) is 5.26. The van der Waals surface area contributed by atoms with E-state index < -0.39 is 0 Å². The average molecular weight is 363 g/mol. The van der Waals surface area contributed by atoms with Crippen molar-refractivity contribution in [2.24, 2.45) is 0 Å². The van der Waals surface area contributed by atoms with Crippen LogP contribution in [0.1, 0.15) is 22.8 Å². The van der Waals surface area contributed by atoms with Gasteiger partial charge in [-0.1, -0.05) is 6.07 Å². The van der Waals surface area contributed by atoms with Crippen molar-refractivity contribution in [2.45, 2.75) is 13.8 Å². The molecule has 0 atom stereocenters. The van der Waals surface area contributed by atoms with E-state index in [0.29, 0.717) is 22.7 Å². The SMILES string of the molecule is COc1ccc(NC(C)=O)cc1NC(=O)c1ccc(C)c(-n2cccc2)c1. The predicted molar refractivity (Wildman–Crippen MR) is 106 cm³/mol. The summed E-state index contributed by atoms with van der Waals surface area (Å²) in [6.45, 7) is 3.43. The molecule has 0 aliphatic carbocycles. The summed E-state index contributed by atoms with van der Waals surface area (Å²) in [6.07, 6.45) is 3.87. The van der Waals surface area contributed by atoms with Gasteiger partial charge in [0.25, 0.3) is 5.91 Å². The summed E-state index contributed by atoms with van der Waals surface area (Å²) in [7, 11) is 1.53. The van der Waals surface area contributed by atoms with Crippen molar-refractivity contribution in [3.63, 3.8) is 0 Å². The summed E-state index contributed by atoms with van der Waals surface area (Å²) in [4.78, 5) is 24.1. The molecule has 0 radical (unpaired) electrons. The van der Waals surface area contributed by atoms with Gasteiger partial charge in [0.1, 0.15) is 5.75 Å². The quantitative estimate of drug-likeness (QED) is 0.719. The van der Waals surface area contributed by atoms with Crippen molar-refractivity contribution in [1.29, 1.82) is 0 Å². The second-order valence-electron chi connectivity index (χ2n) is 6.14. The number of benzene rings is 2. The number of anilines is 2. The maximum atomic E-state index is 12.8. The van der Waals surface area contributed by atoms with Crippen molar-refractivity contribution in [3.05, 3.63) is 72.1 Å². The lowest BCUT2D eigenvalue weighted by Crippen LogP contribution is -2.14. The van der Waals surface area contributed by atoms with Crippen molar-refractivity contribution >= 4 is 23.2 Å². The Morgan fingerprint density at radius 2 is 1.74 bits per heavy atom. The molecule has 27 heavy (non-hydrogen) atoms. The molecule has 0 bridgehead atoms. The maximum absolute atomic E-state index is 12.8. The Bertz CT molecular complexity index is 978. The maximum Gasteiger partial charge on any atom is 0.255 e. The van der Waals surface area contributed by atoms with Gasteiger partial charge in [-0.25, -0.2) is 0 Å². The van der Waals surface area contributed by atoms with Crippen LogP contribution >= 0.6 is 0 Å². The van der Waals surface area contributed by atoms with Gasteiger partial charge in [-0.3, -0.25) is 9.59 Å². The predicted octanol–water partition coefficient (Wildman–Crippen LogP) is 4.01. The molecule has 0 aliphatic heterocycles. The number of hydrogen-bond donors (Lipinski definition) is 2. The van der Waals surface area contributed by atoms with Gasteiger partial charge in [0, 0.05) is 36.3 Å². The van der Waals surface area contributed by atoms with Gasteiger partial charge in [-0.15, -0.1) is 0 Å². The molecule has 0 fully saturated rings. The molecule has 2 aromatic carbocycles. The topological polar surface area (TPSA) is 72.4 Å². The van der Waals surface area contributed by atoms with E-state index in [1.54, 1.807) is 24.3 Å². The molecule has 6 heteroatoms. The first-order valence-corrected chi connectivity index (χ1v) is 8.49. The third kappa shape index (κ3) is 4.17. The van der Waals surface area contributed by atoms with Gasteiger partial charge >= 0.3 is 0 Å². The van der Waals surface area contributed by atoms with Crippen LogP contribution in [0.15, 0.2) is 60.9 Å². The van der Waals surface area contributed by atoms with E-state index in [0.717, 1.165) is 11.3 Å². The fraction of sp³-hybridized carbons (Fsp3) is 0.143. The zero-order valence-electron chi connectivity index (χ0n) is 15.4. The van der Waals surface area contributed by atoms with Crippen molar-refractivity contribution < 1.29 is 14.3 Å². The van der Waals surface area contributed by atoms with Crippen LogP contribution < -0.4 is 15.4 Å². The fourth-order valence-electron chi connectivity index (χ4n) is 2.81. The Balaban J connectivity index is 1.89. The van der Waals surface area contributed by atoms with E-state index in [2.05, 4.69) is 10.6 Å². The minimum Gasteiger partial charge on any atom is -0.495 e. The van der Waals surface area contributed by atoms with Gasteiger partial charge in [0.15, 0.2) is 0 Å². The highest BCUT2D eigenvalue weighted by Gasteiger charge is 2.13. The van der Waals surface area contributed by atoms with E-state index in [-0.39, 0.29) is 11.8 Å². The number of hydrogen-bond acceptors (Lipinski definition) is 3. The van der Waals surface area contributed by atoms with Gasteiger partial charge in [-0.2, -0.15) is 0 Å². The lowest BCUT2D eigenvalue weighted by atomic mass is 10.1. The Morgan fingerprint density at radius 1 is 1.00 bits per heavy atom. The second kappa shape index (κ2) is 7.78.